The van der Waals surface area contributed by atoms with Crippen LogP contribution in [0.3, 0.4) is 0 Å². The summed E-state index contributed by atoms with van der Waals surface area (Å²) in [5.74, 6) is 0.146. The smallest absolute Gasteiger partial charge is 0.137 e. The van der Waals surface area contributed by atoms with Crippen LogP contribution in [0.15, 0.2) is 17.5 Å². The van der Waals surface area contributed by atoms with Crippen molar-refractivity contribution in [1.82, 2.24) is 0 Å². The largest absolute Gasteiger partial charge is 0.321 e. The SMILES string of the molecule is CC(c1cccs1)C(N)C=O. The van der Waals surface area contributed by atoms with Gasteiger partial charge >= 0.3 is 0 Å². The third-order valence-corrected chi connectivity index (χ3v) is 2.80. The summed E-state index contributed by atoms with van der Waals surface area (Å²) < 4.78 is 0. The van der Waals surface area contributed by atoms with Gasteiger partial charge in [0.15, 0.2) is 0 Å². The number of hydrogen-bond acceptors (Lipinski definition) is 3. The van der Waals surface area contributed by atoms with Crippen LogP contribution in [0.25, 0.3) is 0 Å². The molecule has 0 radical (unpaired) electrons. The van der Waals surface area contributed by atoms with Gasteiger partial charge in [0.05, 0.1) is 6.04 Å². The zero-order valence-corrected chi connectivity index (χ0v) is 7.17. The lowest BCUT2D eigenvalue weighted by molar-refractivity contribution is -0.109. The molecule has 0 saturated heterocycles. The van der Waals surface area contributed by atoms with Crippen molar-refractivity contribution >= 4 is 17.6 Å². The first-order chi connectivity index (χ1) is 5.25. The Bertz CT molecular complexity index is 220. The summed E-state index contributed by atoms with van der Waals surface area (Å²) in [4.78, 5) is 11.5. The third kappa shape index (κ3) is 1.88. The Labute approximate surface area is 70.0 Å². The van der Waals surface area contributed by atoms with Crippen molar-refractivity contribution < 1.29 is 4.79 Å². The number of carbonyl (C=O) groups is 1. The fraction of sp³-hybridized carbons (Fsp3) is 0.375. The van der Waals surface area contributed by atoms with Crippen LogP contribution in [-0.2, 0) is 4.79 Å². The zero-order chi connectivity index (χ0) is 8.27. The Morgan fingerprint density at radius 2 is 2.45 bits per heavy atom. The first-order valence-corrected chi connectivity index (χ1v) is 4.38. The molecule has 0 aliphatic carbocycles. The monoisotopic (exact) mass is 169 g/mol. The van der Waals surface area contributed by atoms with Crippen molar-refractivity contribution in [2.75, 3.05) is 0 Å². The van der Waals surface area contributed by atoms with Gasteiger partial charge in [-0.25, -0.2) is 0 Å². The minimum Gasteiger partial charge on any atom is -0.321 e. The quantitative estimate of drug-likeness (QED) is 0.694. The van der Waals surface area contributed by atoms with Gasteiger partial charge in [-0.1, -0.05) is 13.0 Å². The number of thiophene rings is 1. The maximum Gasteiger partial charge on any atom is 0.137 e. The van der Waals surface area contributed by atoms with Crippen LogP contribution in [0.5, 0.6) is 0 Å². The number of hydrogen-bond donors (Lipinski definition) is 1. The van der Waals surface area contributed by atoms with E-state index in [0.717, 1.165) is 6.29 Å². The minimum absolute atomic E-state index is 0.146. The van der Waals surface area contributed by atoms with Crippen molar-refractivity contribution in [3.63, 3.8) is 0 Å². The van der Waals surface area contributed by atoms with Gasteiger partial charge in [0.2, 0.25) is 0 Å². The highest BCUT2D eigenvalue weighted by Gasteiger charge is 2.13. The van der Waals surface area contributed by atoms with Gasteiger partial charge in [-0.2, -0.15) is 0 Å². The van der Waals surface area contributed by atoms with Crippen LogP contribution < -0.4 is 5.73 Å². The molecule has 3 heteroatoms. The van der Waals surface area contributed by atoms with Gasteiger partial charge in [0.1, 0.15) is 6.29 Å². The fourth-order valence-corrected chi connectivity index (χ4v) is 1.70. The normalized spacial score (nSPS) is 15.8. The van der Waals surface area contributed by atoms with Crippen molar-refractivity contribution in [1.29, 1.82) is 0 Å². The summed E-state index contributed by atoms with van der Waals surface area (Å²) in [6.07, 6.45) is 0.796. The van der Waals surface area contributed by atoms with Gasteiger partial charge in [-0.3, -0.25) is 0 Å². The molecule has 2 N–H and O–H groups in total. The molecule has 0 aromatic carbocycles. The molecule has 0 bridgehead atoms. The number of aldehydes is 1. The molecule has 2 unspecified atom stereocenters. The molecule has 2 nitrogen and oxygen atoms in total. The molecule has 1 rings (SSSR count). The van der Waals surface area contributed by atoms with E-state index >= 15 is 0 Å². The average Bonchev–Trinajstić information content (AvgIpc) is 2.53. The maximum atomic E-state index is 10.3. The second-order valence-corrected chi connectivity index (χ2v) is 3.50. The summed E-state index contributed by atoms with van der Waals surface area (Å²) in [5, 5.41) is 1.99. The highest BCUT2D eigenvalue weighted by molar-refractivity contribution is 7.10. The van der Waals surface area contributed by atoms with E-state index < -0.39 is 0 Å². The topological polar surface area (TPSA) is 43.1 Å². The number of carbonyl (C=O) groups excluding carboxylic acids is 1. The molecule has 11 heavy (non-hydrogen) atoms. The highest BCUT2D eigenvalue weighted by Crippen LogP contribution is 2.21. The summed E-state index contributed by atoms with van der Waals surface area (Å²) in [7, 11) is 0. The lowest BCUT2D eigenvalue weighted by atomic mass is 10.0. The predicted molar refractivity (Wildman–Crippen MR) is 46.8 cm³/mol. The molecule has 2 atom stereocenters. The molecule has 0 amide bonds. The Morgan fingerprint density at radius 1 is 1.73 bits per heavy atom. The van der Waals surface area contributed by atoms with Gasteiger partial charge in [-0.05, 0) is 11.4 Å². The molecule has 1 aromatic rings. The Kier molecular flexibility index (Phi) is 2.79. The summed E-state index contributed by atoms with van der Waals surface area (Å²) in [6.45, 7) is 1.96. The molecule has 0 aliphatic rings. The van der Waals surface area contributed by atoms with Crippen LogP contribution in [0.2, 0.25) is 0 Å². The molecule has 1 aromatic heterocycles. The van der Waals surface area contributed by atoms with Crippen LogP contribution in [0.1, 0.15) is 17.7 Å². The van der Waals surface area contributed by atoms with Crippen molar-refractivity contribution in [3.8, 4) is 0 Å². The van der Waals surface area contributed by atoms with E-state index in [1.165, 1.54) is 4.88 Å². The predicted octanol–water partition coefficient (Wildman–Crippen LogP) is 1.38. The highest BCUT2D eigenvalue weighted by atomic mass is 32.1. The van der Waals surface area contributed by atoms with E-state index in [1.54, 1.807) is 11.3 Å². The van der Waals surface area contributed by atoms with Crippen LogP contribution in [0, 0.1) is 0 Å². The zero-order valence-electron chi connectivity index (χ0n) is 6.36. The first kappa shape index (κ1) is 8.43. The van der Waals surface area contributed by atoms with Crippen molar-refractivity contribution in [2.24, 2.45) is 5.73 Å². The standard InChI is InChI=1S/C8H11NOS/c1-6(7(9)5-10)8-3-2-4-11-8/h2-7H,9H2,1H3. The molecule has 0 spiro atoms. The Hall–Kier alpha value is -0.670. The lowest BCUT2D eigenvalue weighted by Gasteiger charge is -2.11. The second-order valence-electron chi connectivity index (χ2n) is 2.52. The van der Waals surface area contributed by atoms with Crippen LogP contribution in [-0.4, -0.2) is 12.3 Å². The Morgan fingerprint density at radius 3 is 2.91 bits per heavy atom. The third-order valence-electron chi connectivity index (χ3n) is 1.73. The molecule has 0 aliphatic heterocycles. The van der Waals surface area contributed by atoms with Gasteiger partial charge in [0, 0.05) is 10.8 Å². The van der Waals surface area contributed by atoms with E-state index in [2.05, 4.69) is 0 Å². The Balaban J connectivity index is 2.69. The fourth-order valence-electron chi connectivity index (χ4n) is 0.858. The van der Waals surface area contributed by atoms with E-state index in [4.69, 9.17) is 5.73 Å². The average molecular weight is 169 g/mol. The molecule has 0 saturated carbocycles. The van der Waals surface area contributed by atoms with Crippen LogP contribution >= 0.6 is 11.3 Å². The second kappa shape index (κ2) is 3.64. The maximum absolute atomic E-state index is 10.3. The van der Waals surface area contributed by atoms with E-state index in [1.807, 2.05) is 24.4 Å². The first-order valence-electron chi connectivity index (χ1n) is 3.50. The number of rotatable bonds is 3. The van der Waals surface area contributed by atoms with E-state index in [-0.39, 0.29) is 12.0 Å². The van der Waals surface area contributed by atoms with Gasteiger partial charge in [-0.15, -0.1) is 11.3 Å². The summed E-state index contributed by atoms with van der Waals surface area (Å²) in [5.41, 5.74) is 5.55. The molecule has 60 valence electrons. The summed E-state index contributed by atoms with van der Waals surface area (Å²) >= 11 is 1.64. The van der Waals surface area contributed by atoms with Crippen molar-refractivity contribution in [2.45, 2.75) is 18.9 Å². The number of nitrogens with two attached hydrogens (primary N) is 1. The summed E-state index contributed by atoms with van der Waals surface area (Å²) in [6, 6.07) is 3.60. The van der Waals surface area contributed by atoms with Gasteiger partial charge < -0.3 is 10.5 Å². The van der Waals surface area contributed by atoms with Crippen molar-refractivity contribution in [3.05, 3.63) is 22.4 Å². The van der Waals surface area contributed by atoms with Crippen LogP contribution in [0.4, 0.5) is 0 Å². The van der Waals surface area contributed by atoms with E-state index in [0.29, 0.717) is 0 Å². The lowest BCUT2D eigenvalue weighted by Crippen LogP contribution is -2.27. The van der Waals surface area contributed by atoms with Gasteiger partial charge in [0.25, 0.3) is 0 Å². The molecule has 0 fully saturated rings. The van der Waals surface area contributed by atoms with E-state index in [9.17, 15) is 4.79 Å². The molecular formula is C8H11NOS. The minimum atomic E-state index is -0.367. The molecular weight excluding hydrogens is 158 g/mol. The molecule has 1 heterocycles.